The predicted octanol–water partition coefficient (Wildman–Crippen LogP) is 17.5. The van der Waals surface area contributed by atoms with Gasteiger partial charge in [-0.05, 0) is 169 Å². The van der Waals surface area contributed by atoms with E-state index >= 15 is 0 Å². The van der Waals surface area contributed by atoms with Gasteiger partial charge in [0, 0.05) is 154 Å². The molecule has 0 N–H and O–H groups in total. The molecule has 4 unspecified atom stereocenters. The first-order valence-corrected chi connectivity index (χ1v) is 33.4. The van der Waals surface area contributed by atoms with E-state index in [0.29, 0.717) is 5.41 Å². The van der Waals surface area contributed by atoms with E-state index in [4.69, 9.17) is 6.42 Å². The highest BCUT2D eigenvalue weighted by atomic mass is 14.6. The molecule has 0 radical (unpaired) electrons. The van der Waals surface area contributed by atoms with Crippen molar-refractivity contribution in [1.82, 2.24) is 0 Å². The van der Waals surface area contributed by atoms with Crippen LogP contribution in [0, 0.1) is 290 Å². The molecule has 1 saturated carbocycles. The third-order valence-corrected chi connectivity index (χ3v) is 15.3. The largest absolute Gasteiger partial charge is 0.106 e. The molecule has 1 rings (SSSR count). The highest BCUT2D eigenvalue weighted by molar-refractivity contribution is 5.50. The lowest BCUT2D eigenvalue weighted by Gasteiger charge is -2.58. The number of rotatable bonds is 33. The molecule has 0 saturated heterocycles. The van der Waals surface area contributed by atoms with Crippen LogP contribution in [0.4, 0.5) is 0 Å². The first-order chi connectivity index (χ1) is 44.6. The van der Waals surface area contributed by atoms with Crippen molar-refractivity contribution in [2.24, 2.45) is 29.1 Å². The molecule has 454 valence electrons. The van der Waals surface area contributed by atoms with Crippen LogP contribution < -0.4 is 0 Å². The molecule has 0 aromatic heterocycles. The van der Waals surface area contributed by atoms with Crippen LogP contribution in [0.5, 0.6) is 0 Å². The Labute approximate surface area is 553 Å². The van der Waals surface area contributed by atoms with Crippen molar-refractivity contribution < 1.29 is 0 Å². The second kappa shape index (κ2) is 66.8. The number of hydrogen-bond acceptors (Lipinski definition) is 0. The lowest BCUT2D eigenvalue weighted by Crippen LogP contribution is -2.49. The molecule has 4 atom stereocenters. The van der Waals surface area contributed by atoms with E-state index in [1.165, 1.54) is 173 Å². The molecular formula is C90H94. The SMILES string of the molecule is C#CC#CC#CC#CC#CC#CC#CC#CC#CC#CC#CC#CC#CC#CC#CC#CC#CC#CC#CC#CC#CC#CC.CCCCCCCC1C(CCCCCC)CC(CCCCCC)C(CCCCCCC)(CCCCCCC)C1CCCCCC. The van der Waals surface area contributed by atoms with Gasteiger partial charge in [0.05, 0.1) is 0 Å². The topological polar surface area (TPSA) is 0 Å². The molecule has 1 fully saturated rings. The zero-order valence-electron chi connectivity index (χ0n) is 55.9. The molecule has 0 heterocycles. The zero-order valence-corrected chi connectivity index (χ0v) is 55.9. The fraction of sp³-hybridized carbons (Fsp3) is 0.511. The summed E-state index contributed by atoms with van der Waals surface area (Å²) in [5.41, 5.74) is 0.644. The summed E-state index contributed by atoms with van der Waals surface area (Å²) in [6.07, 6.45) is 55.4. The highest BCUT2D eigenvalue weighted by Gasteiger charge is 2.52. The zero-order chi connectivity index (χ0) is 65.3. The molecule has 0 spiro atoms. The average molecular weight is 1180 g/mol. The van der Waals surface area contributed by atoms with Gasteiger partial charge in [0.15, 0.2) is 0 Å². The molecule has 0 amide bonds. The van der Waals surface area contributed by atoms with Gasteiger partial charge in [-0.15, -0.1) is 6.42 Å². The Bertz CT molecular complexity index is 3600. The van der Waals surface area contributed by atoms with Gasteiger partial charge in [0.25, 0.3) is 0 Å². The molecule has 0 aromatic carbocycles. The summed E-state index contributed by atoms with van der Waals surface area (Å²) in [4.78, 5) is 0. The van der Waals surface area contributed by atoms with Crippen molar-refractivity contribution in [3.63, 3.8) is 0 Å². The molecule has 0 bridgehead atoms. The molecule has 0 nitrogen and oxygen atoms in total. The normalized spacial score (nSPS) is 12.7. The Kier molecular flexibility index (Phi) is 59.6. The van der Waals surface area contributed by atoms with E-state index < -0.39 is 0 Å². The van der Waals surface area contributed by atoms with Crippen molar-refractivity contribution in [3.8, 4) is 261 Å². The summed E-state index contributed by atoms with van der Waals surface area (Å²) in [7, 11) is 0. The Morgan fingerprint density at radius 2 is 0.489 bits per heavy atom. The van der Waals surface area contributed by atoms with Crippen LogP contribution in [-0.4, -0.2) is 0 Å². The van der Waals surface area contributed by atoms with Crippen LogP contribution in [0.1, 0.15) is 267 Å². The monoisotopic (exact) mass is 1170 g/mol. The van der Waals surface area contributed by atoms with Crippen molar-refractivity contribution in [1.29, 1.82) is 0 Å². The van der Waals surface area contributed by atoms with E-state index in [1.807, 2.05) is 0 Å². The van der Waals surface area contributed by atoms with Crippen LogP contribution in [0.3, 0.4) is 0 Å². The quantitative estimate of drug-likeness (QED) is 0.0454. The maximum absolute atomic E-state index is 4.93. The summed E-state index contributed by atoms with van der Waals surface area (Å²) in [5, 5.41) is 0. The second-order valence-corrected chi connectivity index (χ2v) is 21.8. The molecule has 0 heteroatoms. The van der Waals surface area contributed by atoms with Crippen LogP contribution in [0.2, 0.25) is 0 Å². The van der Waals surface area contributed by atoms with Gasteiger partial charge in [-0.25, -0.2) is 0 Å². The lowest BCUT2D eigenvalue weighted by atomic mass is 9.47. The molecule has 0 aliphatic heterocycles. The van der Waals surface area contributed by atoms with Crippen molar-refractivity contribution in [2.45, 2.75) is 267 Å². The summed E-state index contributed by atoms with van der Waals surface area (Å²) in [6, 6.07) is 0. The van der Waals surface area contributed by atoms with Gasteiger partial charge < -0.3 is 0 Å². The van der Waals surface area contributed by atoms with Gasteiger partial charge in [-0.2, -0.15) is 0 Å². The first-order valence-electron chi connectivity index (χ1n) is 33.4. The Morgan fingerprint density at radius 3 is 0.778 bits per heavy atom. The van der Waals surface area contributed by atoms with Gasteiger partial charge in [0.1, 0.15) is 0 Å². The maximum Gasteiger partial charge on any atom is 0 e. The molecule has 0 aromatic rings. The van der Waals surface area contributed by atoms with E-state index in [-0.39, 0.29) is 0 Å². The highest BCUT2D eigenvalue weighted by Crippen LogP contribution is 2.61. The maximum atomic E-state index is 4.93. The Morgan fingerprint density at radius 1 is 0.256 bits per heavy atom. The van der Waals surface area contributed by atoms with Crippen LogP contribution in [0.15, 0.2) is 0 Å². The Hall–Kier alpha value is -9.68. The third kappa shape index (κ3) is 49.4. The number of hydrogen-bond donors (Lipinski definition) is 0. The predicted molar refractivity (Wildman–Crippen MR) is 385 cm³/mol. The van der Waals surface area contributed by atoms with Gasteiger partial charge >= 0.3 is 0 Å². The standard InChI is InChI=1S/C45H90.C45H4/c1-7-13-19-25-30-36-43-41(34-28-22-16-10-4)40-42(35-29-23-17-11-5)45(38-32-26-20-14-8-2,39-33-27-21-15-9-3)44(43)37-31-24-18-12-6;1-3-5-7-9-11-13-15-17-19-21-23-25-27-29-31-33-35-37-39-41-43-45-44-42-40-38-36-34-32-30-28-26-24-22-20-18-16-14-12-10-8-6-4-2/h41-44H,7-40H2,1-6H3;1H,2H3. The van der Waals surface area contributed by atoms with Gasteiger partial charge in [0.2, 0.25) is 0 Å². The summed E-state index contributed by atoms with van der Waals surface area (Å²) in [5.74, 6) is 111. The Balaban J connectivity index is 0.00000176. The number of terminal acetylenes is 1. The minimum absolute atomic E-state index is 0.644. The van der Waals surface area contributed by atoms with E-state index in [0.717, 1.165) is 23.7 Å². The van der Waals surface area contributed by atoms with Crippen LogP contribution in [-0.2, 0) is 0 Å². The van der Waals surface area contributed by atoms with Crippen molar-refractivity contribution in [3.05, 3.63) is 0 Å². The van der Waals surface area contributed by atoms with E-state index in [9.17, 15) is 0 Å². The summed E-state index contributed by atoms with van der Waals surface area (Å²) < 4.78 is 0. The van der Waals surface area contributed by atoms with Crippen LogP contribution >= 0.6 is 0 Å². The molecular weight excluding hydrogens is 1080 g/mol. The molecule has 1 aliphatic rings. The van der Waals surface area contributed by atoms with Crippen molar-refractivity contribution in [2.75, 3.05) is 0 Å². The minimum Gasteiger partial charge on any atom is -0.106 e. The van der Waals surface area contributed by atoms with Gasteiger partial charge in [-0.1, -0.05) is 227 Å². The van der Waals surface area contributed by atoms with E-state index in [1.54, 1.807) is 51.9 Å². The van der Waals surface area contributed by atoms with Crippen LogP contribution in [0.25, 0.3) is 0 Å². The summed E-state index contributed by atoms with van der Waals surface area (Å²) in [6.45, 7) is 16.1. The molecule has 1 aliphatic carbocycles. The fourth-order valence-corrected chi connectivity index (χ4v) is 11.3. The summed E-state index contributed by atoms with van der Waals surface area (Å²) >= 11 is 0. The first kappa shape index (κ1) is 80.3. The smallest absolute Gasteiger partial charge is 0 e. The lowest BCUT2D eigenvalue weighted by molar-refractivity contribution is -0.0826. The minimum atomic E-state index is 0.644. The van der Waals surface area contributed by atoms with Crippen molar-refractivity contribution >= 4 is 0 Å². The second-order valence-electron chi connectivity index (χ2n) is 21.8. The third-order valence-electron chi connectivity index (χ3n) is 15.3. The average Bonchev–Trinajstić information content (AvgIpc) is 0.797. The van der Waals surface area contributed by atoms with Gasteiger partial charge in [-0.3, -0.25) is 0 Å². The molecule has 90 heavy (non-hydrogen) atoms. The fourth-order valence-electron chi connectivity index (χ4n) is 11.3. The van der Waals surface area contributed by atoms with E-state index in [2.05, 4.69) is 296 Å². The number of unbranched alkanes of at least 4 members (excludes halogenated alkanes) is 21.